The molecule has 0 spiro atoms. The van der Waals surface area contributed by atoms with E-state index in [-0.39, 0.29) is 79.9 Å². The third kappa shape index (κ3) is 13.9. The lowest BCUT2D eigenvalue weighted by atomic mass is 9.93. The predicted octanol–water partition coefficient (Wildman–Crippen LogP) is 10.1. The van der Waals surface area contributed by atoms with E-state index in [1.54, 1.807) is 53.4 Å². The van der Waals surface area contributed by atoms with Crippen LogP contribution in [0.25, 0.3) is 6.08 Å². The van der Waals surface area contributed by atoms with Crippen LogP contribution in [0.15, 0.2) is 114 Å². The van der Waals surface area contributed by atoms with Crippen molar-refractivity contribution in [2.45, 2.75) is 51.0 Å². The molecule has 0 aromatic heterocycles. The molecule has 1 saturated heterocycles. The summed E-state index contributed by atoms with van der Waals surface area (Å²) in [5.74, 6) is -0.795. The Kier molecular flexibility index (Phi) is 18.0. The van der Waals surface area contributed by atoms with Crippen LogP contribution >= 0.6 is 23.2 Å². The summed E-state index contributed by atoms with van der Waals surface area (Å²) in [7, 11) is 2.75. The molecule has 5 aromatic rings. The number of amidine groups is 1. The van der Waals surface area contributed by atoms with Gasteiger partial charge >= 0.3 is 18.4 Å². The van der Waals surface area contributed by atoms with E-state index in [9.17, 15) is 46.0 Å². The van der Waals surface area contributed by atoms with Crippen LogP contribution in [0.2, 0.25) is 10.0 Å². The molecule has 5 aromatic carbocycles. The Labute approximate surface area is 448 Å². The molecule has 0 bridgehead atoms. The van der Waals surface area contributed by atoms with Crippen molar-refractivity contribution >= 4 is 58.9 Å². The van der Waals surface area contributed by atoms with Crippen LogP contribution < -0.4 is 29.6 Å². The highest BCUT2D eigenvalue weighted by molar-refractivity contribution is 6.30. The van der Waals surface area contributed by atoms with Crippen molar-refractivity contribution in [2.24, 2.45) is 4.99 Å². The number of halogens is 8. The summed E-state index contributed by atoms with van der Waals surface area (Å²) in [6.45, 7) is 2.03. The highest BCUT2D eigenvalue weighted by Crippen LogP contribution is 2.46. The highest BCUT2D eigenvalue weighted by Gasteiger charge is 2.46. The van der Waals surface area contributed by atoms with E-state index < -0.39 is 71.5 Å². The number of nitrogens with one attached hydrogen (secondary N) is 2. The number of rotatable bonds is 17. The summed E-state index contributed by atoms with van der Waals surface area (Å²) in [6, 6.07) is 24.4. The Morgan fingerprint density at radius 2 is 1.48 bits per heavy atom. The Morgan fingerprint density at radius 1 is 0.805 bits per heavy atom. The standard InChI is InChI=1S/C54H49Cl2F6N7O8/c1-31(2)77-44-26-40(74-3)16-17-41(44)50-66-48(33-7-12-38(55)13-8-33)49(34-9-14-39(56)15-10-34)69(50)52(73)68-22-21-67(47(71)29-68)28-46(70)64-19-20-65-51(72)36(27-63)23-32-5-18-43(45(24-32)75-4)76-30-35-6-11-37(53(57,58)59)25-42(35)54(60,61)62/h5-18,23-26,31,48-49H,19-22,28-30H2,1-4H3,(H,64,70)(H,65,72)/b36-23+/t48-,49+/m1/s1. The molecule has 2 aliphatic rings. The lowest BCUT2D eigenvalue weighted by Crippen LogP contribution is -2.57. The third-order valence-electron chi connectivity index (χ3n) is 12.1. The maximum Gasteiger partial charge on any atom is 0.416 e. The number of carbonyl (C=O) groups is 4. The van der Waals surface area contributed by atoms with Gasteiger partial charge in [-0.05, 0) is 97.3 Å². The van der Waals surface area contributed by atoms with Crippen molar-refractivity contribution in [1.82, 2.24) is 25.3 Å². The normalized spacial score (nSPS) is 15.9. The number of alkyl halides is 6. The molecule has 0 unspecified atom stereocenters. The van der Waals surface area contributed by atoms with E-state index in [4.69, 9.17) is 47.1 Å². The van der Waals surface area contributed by atoms with Gasteiger partial charge in [-0.2, -0.15) is 31.6 Å². The van der Waals surface area contributed by atoms with Gasteiger partial charge in [0.05, 0.1) is 49.6 Å². The first-order valence-electron chi connectivity index (χ1n) is 23.6. The Bertz CT molecular complexity index is 3110. The van der Waals surface area contributed by atoms with Crippen molar-refractivity contribution in [3.8, 4) is 29.1 Å². The number of methoxy groups -OCH3 is 2. The molecule has 2 heterocycles. The number of hydrogen-bond acceptors (Lipinski definition) is 10. The van der Waals surface area contributed by atoms with Gasteiger partial charge in [0.15, 0.2) is 11.5 Å². The highest BCUT2D eigenvalue weighted by atomic mass is 35.5. The number of hydrogen-bond donors (Lipinski definition) is 2. The van der Waals surface area contributed by atoms with Crippen molar-refractivity contribution < 1.29 is 64.5 Å². The molecule has 77 heavy (non-hydrogen) atoms. The van der Waals surface area contributed by atoms with E-state index in [1.807, 2.05) is 38.1 Å². The minimum Gasteiger partial charge on any atom is -0.497 e. The summed E-state index contributed by atoms with van der Waals surface area (Å²) in [5, 5.41) is 15.9. The number of nitriles is 1. The lowest BCUT2D eigenvalue weighted by molar-refractivity contribution is -0.143. The minimum atomic E-state index is -5.11. The Hall–Kier alpha value is -7.96. The predicted molar refractivity (Wildman–Crippen MR) is 272 cm³/mol. The van der Waals surface area contributed by atoms with E-state index in [2.05, 4.69) is 10.6 Å². The molecule has 23 heteroatoms. The smallest absolute Gasteiger partial charge is 0.416 e. The van der Waals surface area contributed by atoms with E-state index in [0.29, 0.717) is 44.8 Å². The second kappa shape index (κ2) is 24.4. The summed E-state index contributed by atoms with van der Waals surface area (Å²) in [6.07, 6.45) is -9.19. The topological polar surface area (TPSA) is 175 Å². The molecule has 2 aliphatic heterocycles. The fourth-order valence-corrected chi connectivity index (χ4v) is 8.67. The molecular formula is C54H49Cl2F6N7O8. The molecule has 2 atom stereocenters. The maximum absolute atomic E-state index is 15.1. The SMILES string of the molecule is COc1ccc(C2=N[C@H](c3ccc(Cl)cc3)[C@H](c3ccc(Cl)cc3)N2C(=O)N2CCN(CC(=O)NCCNC(=O)/C(C#N)=C/c3ccc(OCc4ccc(C(F)(F)F)cc4C(F)(F)F)c(OC)c3)C(=O)C2)c(OC(C)C)c1. The molecule has 0 aliphatic carbocycles. The monoisotopic (exact) mass is 1110 g/mol. The summed E-state index contributed by atoms with van der Waals surface area (Å²) in [4.78, 5) is 64.4. The number of urea groups is 1. The van der Waals surface area contributed by atoms with Gasteiger partial charge in [0, 0.05) is 47.9 Å². The van der Waals surface area contributed by atoms with Crippen LogP contribution in [-0.2, 0) is 33.3 Å². The minimum absolute atomic E-state index is 0.00211. The van der Waals surface area contributed by atoms with Crippen LogP contribution in [0, 0.1) is 11.3 Å². The number of amides is 5. The first kappa shape index (κ1) is 56.8. The van der Waals surface area contributed by atoms with Gasteiger partial charge in [-0.25, -0.2) is 4.79 Å². The van der Waals surface area contributed by atoms with Crippen LogP contribution in [-0.4, -0.2) is 104 Å². The van der Waals surface area contributed by atoms with Crippen molar-refractivity contribution in [1.29, 1.82) is 5.26 Å². The number of aliphatic imine (C=N–C) groups is 1. The Balaban J connectivity index is 0.973. The maximum atomic E-state index is 15.1. The van der Waals surface area contributed by atoms with Crippen LogP contribution in [0.1, 0.15) is 64.9 Å². The number of ether oxygens (including phenoxy) is 4. The average molecular weight is 1110 g/mol. The first-order chi connectivity index (χ1) is 36.6. The fraction of sp³-hybridized carbons (Fsp3) is 0.296. The fourth-order valence-electron chi connectivity index (χ4n) is 8.42. The average Bonchev–Trinajstić information content (AvgIpc) is 3.84. The molecule has 15 nitrogen and oxygen atoms in total. The molecule has 1 fully saturated rings. The molecule has 0 radical (unpaired) electrons. The zero-order valence-corrected chi connectivity index (χ0v) is 43.1. The Morgan fingerprint density at radius 3 is 2.09 bits per heavy atom. The van der Waals surface area contributed by atoms with Crippen LogP contribution in [0.3, 0.4) is 0 Å². The van der Waals surface area contributed by atoms with Gasteiger partial charge in [0.25, 0.3) is 5.91 Å². The van der Waals surface area contributed by atoms with E-state index in [1.165, 1.54) is 48.3 Å². The zero-order valence-electron chi connectivity index (χ0n) is 41.6. The molecule has 5 amide bonds. The van der Waals surface area contributed by atoms with Crippen molar-refractivity contribution in [3.05, 3.63) is 158 Å². The lowest BCUT2D eigenvalue weighted by Gasteiger charge is -2.38. The summed E-state index contributed by atoms with van der Waals surface area (Å²) >= 11 is 12.6. The zero-order chi connectivity index (χ0) is 55.8. The molecule has 2 N–H and O–H groups in total. The number of piperazine rings is 1. The largest absolute Gasteiger partial charge is 0.497 e. The van der Waals surface area contributed by atoms with Crippen LogP contribution in [0.5, 0.6) is 23.0 Å². The summed E-state index contributed by atoms with van der Waals surface area (Å²) in [5.41, 5.74) is -1.73. The van der Waals surface area contributed by atoms with Gasteiger partial charge in [0.1, 0.15) is 48.2 Å². The van der Waals surface area contributed by atoms with Gasteiger partial charge < -0.3 is 39.4 Å². The number of carbonyl (C=O) groups excluding carboxylic acids is 4. The molecule has 404 valence electrons. The van der Waals surface area contributed by atoms with Gasteiger partial charge in [-0.3, -0.25) is 24.3 Å². The molecule has 7 rings (SSSR count). The molecular weight excluding hydrogens is 1060 g/mol. The number of benzene rings is 5. The van der Waals surface area contributed by atoms with Crippen molar-refractivity contribution in [3.63, 3.8) is 0 Å². The second-order valence-electron chi connectivity index (χ2n) is 17.7. The van der Waals surface area contributed by atoms with E-state index >= 15 is 4.79 Å². The summed E-state index contributed by atoms with van der Waals surface area (Å²) < 4.78 is 103. The van der Waals surface area contributed by atoms with Gasteiger partial charge in [-0.1, -0.05) is 59.6 Å². The van der Waals surface area contributed by atoms with E-state index in [0.717, 1.165) is 5.56 Å². The van der Waals surface area contributed by atoms with Crippen molar-refractivity contribution in [2.75, 3.05) is 53.5 Å². The van der Waals surface area contributed by atoms with Crippen LogP contribution in [0.4, 0.5) is 31.1 Å². The number of nitrogens with zero attached hydrogens (tertiary/aromatic N) is 5. The first-order valence-corrected chi connectivity index (χ1v) is 24.4. The van der Waals surface area contributed by atoms with Gasteiger partial charge in [0.2, 0.25) is 11.8 Å². The molecule has 0 saturated carbocycles. The van der Waals surface area contributed by atoms with Gasteiger partial charge in [-0.15, -0.1) is 0 Å². The second-order valence-corrected chi connectivity index (χ2v) is 18.6. The third-order valence-corrected chi connectivity index (χ3v) is 12.6. The quantitative estimate of drug-likeness (QED) is 0.0397.